The molecule has 1 atom stereocenters. The number of fused-ring (bicyclic) bond motifs is 2. The van der Waals surface area contributed by atoms with Crippen molar-refractivity contribution < 1.29 is 14.7 Å². The van der Waals surface area contributed by atoms with E-state index in [-0.39, 0.29) is 23.7 Å². The van der Waals surface area contributed by atoms with E-state index in [0.29, 0.717) is 12.7 Å². The van der Waals surface area contributed by atoms with Gasteiger partial charge in [0.2, 0.25) is 5.78 Å². The van der Waals surface area contributed by atoms with Crippen LogP contribution in [-0.2, 0) is 22.4 Å². The van der Waals surface area contributed by atoms with Crippen LogP contribution in [0.2, 0.25) is 0 Å². The molecule has 7 heteroatoms. The molecule has 0 spiro atoms. The van der Waals surface area contributed by atoms with E-state index in [9.17, 15) is 14.7 Å². The number of likely N-dealkylation sites (tertiary alicyclic amines) is 1. The van der Waals surface area contributed by atoms with E-state index in [1.54, 1.807) is 12.1 Å². The number of carbonyl (C=O) groups excluding carboxylic acids is 2. The van der Waals surface area contributed by atoms with Crippen molar-refractivity contribution in [1.29, 1.82) is 0 Å². The molecule has 0 bridgehead atoms. The fourth-order valence-electron chi connectivity index (χ4n) is 6.03. The van der Waals surface area contributed by atoms with E-state index in [1.165, 1.54) is 22.3 Å². The summed E-state index contributed by atoms with van der Waals surface area (Å²) in [5.74, 6) is -1.54. The smallest absolute Gasteiger partial charge is 0.276 e. The third-order valence-corrected chi connectivity index (χ3v) is 8.14. The van der Waals surface area contributed by atoms with Gasteiger partial charge in [0.1, 0.15) is 0 Å². The minimum absolute atomic E-state index is 0.00152. The first kappa shape index (κ1) is 25.2. The van der Waals surface area contributed by atoms with Gasteiger partial charge in [0.25, 0.3) is 5.91 Å². The lowest BCUT2D eigenvalue weighted by Crippen LogP contribution is -2.61. The van der Waals surface area contributed by atoms with Crippen LogP contribution in [-0.4, -0.2) is 75.5 Å². The number of hydrazine groups is 1. The van der Waals surface area contributed by atoms with Gasteiger partial charge in [0.15, 0.2) is 11.5 Å². The largest absolute Gasteiger partial charge is 0.503 e. The summed E-state index contributed by atoms with van der Waals surface area (Å²) in [5, 5.41) is 14.8. The van der Waals surface area contributed by atoms with Crippen LogP contribution in [0.1, 0.15) is 48.6 Å². The highest BCUT2D eigenvalue weighted by atomic mass is 16.3. The number of carbonyl (C=O) groups is 2. The van der Waals surface area contributed by atoms with Crippen LogP contribution in [0.4, 0.5) is 0 Å². The van der Waals surface area contributed by atoms with Crippen molar-refractivity contribution in [3.8, 4) is 0 Å². The zero-order valence-electron chi connectivity index (χ0n) is 21.9. The van der Waals surface area contributed by atoms with E-state index >= 15 is 0 Å². The maximum Gasteiger partial charge on any atom is 0.276 e. The monoisotopic (exact) mass is 500 g/mol. The molecule has 194 valence electrons. The van der Waals surface area contributed by atoms with Crippen LogP contribution in [0.15, 0.2) is 72.6 Å². The number of allylic oxidation sites excluding steroid dienone is 1. The molecule has 1 aliphatic carbocycles. The Morgan fingerprint density at radius 2 is 1.65 bits per heavy atom. The van der Waals surface area contributed by atoms with Gasteiger partial charge in [-0.25, -0.2) is 0 Å². The van der Waals surface area contributed by atoms with E-state index in [1.807, 2.05) is 4.90 Å². The van der Waals surface area contributed by atoms with E-state index in [0.717, 1.165) is 38.4 Å². The molecule has 5 rings (SSSR count). The Kier molecular flexibility index (Phi) is 6.92. The van der Waals surface area contributed by atoms with Crippen molar-refractivity contribution in [2.75, 3.05) is 26.8 Å². The third-order valence-electron chi connectivity index (χ3n) is 8.14. The third kappa shape index (κ3) is 4.47. The van der Waals surface area contributed by atoms with Gasteiger partial charge in [0, 0.05) is 32.2 Å². The van der Waals surface area contributed by atoms with Crippen LogP contribution in [0.5, 0.6) is 0 Å². The van der Waals surface area contributed by atoms with Crippen LogP contribution in [0.3, 0.4) is 0 Å². The first-order valence-electron chi connectivity index (χ1n) is 13.1. The Balaban J connectivity index is 1.65. The summed E-state index contributed by atoms with van der Waals surface area (Å²) in [6, 6.07) is 17.1. The van der Waals surface area contributed by atoms with Gasteiger partial charge in [-0.2, -0.15) is 5.01 Å². The SMILES string of the molecule is C=CC(=O)/C(O)=C1/C(=O)N([C@@H]2CCN(C(C)C)C2)CN(C2c3ccccc3CCc3ccccc32)N1C. The minimum Gasteiger partial charge on any atom is -0.503 e. The number of hydrogen-bond acceptors (Lipinski definition) is 6. The second kappa shape index (κ2) is 10.1. The summed E-state index contributed by atoms with van der Waals surface area (Å²) in [6.07, 6.45) is 3.76. The van der Waals surface area contributed by atoms with Gasteiger partial charge < -0.3 is 10.0 Å². The average molecular weight is 501 g/mol. The zero-order chi connectivity index (χ0) is 26.3. The molecule has 3 aliphatic rings. The van der Waals surface area contributed by atoms with Crippen molar-refractivity contribution >= 4 is 11.7 Å². The quantitative estimate of drug-likeness (QED) is 0.497. The fourth-order valence-corrected chi connectivity index (χ4v) is 6.03. The second-order valence-electron chi connectivity index (χ2n) is 10.5. The Labute approximate surface area is 219 Å². The van der Waals surface area contributed by atoms with Crippen LogP contribution >= 0.6 is 0 Å². The number of nitrogens with zero attached hydrogens (tertiary/aromatic N) is 4. The average Bonchev–Trinajstić information content (AvgIpc) is 3.33. The number of aliphatic hydroxyl groups excluding tert-OH is 1. The normalized spacial score (nSPS) is 22.6. The molecular formula is C30H36N4O3. The number of aliphatic hydroxyl groups is 1. The van der Waals surface area contributed by atoms with E-state index < -0.39 is 11.5 Å². The Morgan fingerprint density at radius 3 is 2.19 bits per heavy atom. The molecule has 2 fully saturated rings. The standard InChI is InChI=1S/C30H36N4O3/c1-5-26(35)29(36)28-30(37)33(23-16-17-32(18-23)20(2)3)19-34(31(28)4)27-24-12-8-6-10-21(24)14-15-22-11-7-9-13-25(22)27/h5-13,20,23,27,36H,1,14-19H2,2-4H3/b29-28+/t23-/m1/s1. The van der Waals surface area contributed by atoms with Gasteiger partial charge in [-0.3, -0.25) is 19.5 Å². The molecule has 0 radical (unpaired) electrons. The zero-order valence-corrected chi connectivity index (χ0v) is 21.9. The lowest BCUT2D eigenvalue weighted by atomic mass is 9.94. The van der Waals surface area contributed by atoms with Crippen molar-refractivity contribution in [1.82, 2.24) is 19.8 Å². The second-order valence-corrected chi connectivity index (χ2v) is 10.5. The Bertz CT molecular complexity index is 1210. The van der Waals surface area contributed by atoms with Gasteiger partial charge >= 0.3 is 0 Å². The molecule has 2 aromatic rings. The molecular weight excluding hydrogens is 464 g/mol. The first-order chi connectivity index (χ1) is 17.8. The molecule has 37 heavy (non-hydrogen) atoms. The minimum atomic E-state index is -0.658. The van der Waals surface area contributed by atoms with Crippen molar-refractivity contribution in [3.63, 3.8) is 0 Å². The number of ketones is 1. The summed E-state index contributed by atoms with van der Waals surface area (Å²) in [5.41, 5.74) is 4.89. The number of rotatable bonds is 5. The Hall–Kier alpha value is -3.42. The lowest BCUT2D eigenvalue weighted by molar-refractivity contribution is -0.156. The lowest BCUT2D eigenvalue weighted by Gasteiger charge is -2.49. The fraction of sp³-hybridized carbons (Fsp3) is 0.400. The predicted molar refractivity (Wildman–Crippen MR) is 143 cm³/mol. The number of aryl methyl sites for hydroxylation is 2. The van der Waals surface area contributed by atoms with E-state index in [2.05, 4.69) is 78.9 Å². The summed E-state index contributed by atoms with van der Waals surface area (Å²) in [7, 11) is 1.77. The molecule has 2 saturated heterocycles. The molecule has 2 heterocycles. The highest BCUT2D eigenvalue weighted by Crippen LogP contribution is 2.40. The van der Waals surface area contributed by atoms with Crippen molar-refractivity contribution in [2.45, 2.75) is 51.2 Å². The van der Waals surface area contributed by atoms with Gasteiger partial charge in [-0.1, -0.05) is 55.1 Å². The van der Waals surface area contributed by atoms with Crippen LogP contribution in [0.25, 0.3) is 0 Å². The maximum absolute atomic E-state index is 13.9. The van der Waals surface area contributed by atoms with Gasteiger partial charge in [-0.15, -0.1) is 0 Å². The molecule has 0 aromatic heterocycles. The molecule has 2 aliphatic heterocycles. The number of likely N-dealkylation sites (N-methyl/N-ethyl adjacent to an activating group) is 1. The van der Waals surface area contributed by atoms with Crippen LogP contribution in [0, 0.1) is 0 Å². The number of amides is 1. The highest BCUT2D eigenvalue weighted by Gasteiger charge is 2.45. The summed E-state index contributed by atoms with van der Waals surface area (Å²) in [4.78, 5) is 30.7. The highest BCUT2D eigenvalue weighted by molar-refractivity contribution is 6.08. The molecule has 0 saturated carbocycles. The summed E-state index contributed by atoms with van der Waals surface area (Å²) < 4.78 is 0. The van der Waals surface area contributed by atoms with E-state index in [4.69, 9.17) is 0 Å². The molecule has 7 nitrogen and oxygen atoms in total. The number of hydrogen-bond donors (Lipinski definition) is 1. The maximum atomic E-state index is 13.9. The molecule has 1 N–H and O–H groups in total. The Morgan fingerprint density at radius 1 is 1.05 bits per heavy atom. The molecule has 2 aromatic carbocycles. The summed E-state index contributed by atoms with van der Waals surface area (Å²) in [6.45, 7) is 9.89. The van der Waals surface area contributed by atoms with Crippen molar-refractivity contribution in [2.24, 2.45) is 0 Å². The van der Waals surface area contributed by atoms with Crippen LogP contribution < -0.4 is 0 Å². The summed E-state index contributed by atoms with van der Waals surface area (Å²) >= 11 is 0. The van der Waals surface area contributed by atoms with Crippen molar-refractivity contribution in [3.05, 3.63) is 94.9 Å². The topological polar surface area (TPSA) is 67.3 Å². The number of benzene rings is 2. The predicted octanol–water partition coefficient (Wildman–Crippen LogP) is 3.83. The molecule has 0 unspecified atom stereocenters. The van der Waals surface area contributed by atoms with Gasteiger partial charge in [0.05, 0.1) is 12.7 Å². The first-order valence-corrected chi connectivity index (χ1v) is 13.1. The molecule has 1 amide bonds. The van der Waals surface area contributed by atoms with Gasteiger partial charge in [-0.05, 0) is 61.4 Å².